The van der Waals surface area contributed by atoms with Crippen LogP contribution < -0.4 is 5.73 Å². The number of hydrogen-bond donors (Lipinski definition) is 1. The molecule has 0 aliphatic rings. The van der Waals surface area contributed by atoms with Crippen molar-refractivity contribution in [1.29, 1.82) is 0 Å². The second-order valence-corrected chi connectivity index (χ2v) is 5.29. The SMILES string of the molecule is CCn1nc(CC(N)c2cccc(C)n2)c2ccccc21. The summed E-state index contributed by atoms with van der Waals surface area (Å²) < 4.78 is 2.03. The number of benzene rings is 1. The third-order valence-corrected chi connectivity index (χ3v) is 3.74. The van der Waals surface area contributed by atoms with Crippen LogP contribution in [0.15, 0.2) is 42.5 Å². The zero-order chi connectivity index (χ0) is 14.8. The molecule has 3 rings (SSSR count). The van der Waals surface area contributed by atoms with Gasteiger partial charge in [-0.3, -0.25) is 9.67 Å². The molecule has 0 aliphatic heterocycles. The van der Waals surface area contributed by atoms with E-state index in [-0.39, 0.29) is 6.04 Å². The maximum atomic E-state index is 6.33. The van der Waals surface area contributed by atoms with E-state index in [0.29, 0.717) is 6.42 Å². The molecular formula is C17H20N4. The lowest BCUT2D eigenvalue weighted by Gasteiger charge is -2.10. The molecule has 0 amide bonds. The fourth-order valence-electron chi connectivity index (χ4n) is 2.67. The number of rotatable bonds is 4. The molecule has 1 aromatic carbocycles. The Morgan fingerprint density at radius 2 is 1.95 bits per heavy atom. The molecule has 4 nitrogen and oxygen atoms in total. The van der Waals surface area contributed by atoms with Crippen LogP contribution >= 0.6 is 0 Å². The van der Waals surface area contributed by atoms with Gasteiger partial charge in [-0.1, -0.05) is 24.3 Å². The number of nitrogens with zero attached hydrogens (tertiary/aromatic N) is 3. The Labute approximate surface area is 124 Å². The van der Waals surface area contributed by atoms with Gasteiger partial charge in [0.1, 0.15) is 0 Å². The van der Waals surface area contributed by atoms with Gasteiger partial charge in [0.15, 0.2) is 0 Å². The molecule has 0 saturated carbocycles. The fraction of sp³-hybridized carbons (Fsp3) is 0.294. The highest BCUT2D eigenvalue weighted by atomic mass is 15.3. The molecule has 0 fully saturated rings. The Morgan fingerprint density at radius 3 is 2.71 bits per heavy atom. The highest BCUT2D eigenvalue weighted by Crippen LogP contribution is 2.22. The molecule has 2 N–H and O–H groups in total. The van der Waals surface area contributed by atoms with Gasteiger partial charge in [0.25, 0.3) is 0 Å². The summed E-state index contributed by atoms with van der Waals surface area (Å²) in [7, 11) is 0. The number of aromatic nitrogens is 3. The first-order valence-electron chi connectivity index (χ1n) is 7.32. The van der Waals surface area contributed by atoms with Crippen LogP contribution in [0.1, 0.15) is 30.0 Å². The molecule has 108 valence electrons. The van der Waals surface area contributed by atoms with Crippen LogP contribution in [-0.4, -0.2) is 14.8 Å². The maximum absolute atomic E-state index is 6.33. The number of fused-ring (bicyclic) bond motifs is 1. The topological polar surface area (TPSA) is 56.7 Å². The molecule has 2 aromatic heterocycles. The molecule has 0 bridgehead atoms. The van der Waals surface area contributed by atoms with Gasteiger partial charge in [-0.15, -0.1) is 0 Å². The van der Waals surface area contributed by atoms with Gasteiger partial charge in [-0.05, 0) is 32.0 Å². The molecule has 0 spiro atoms. The molecule has 3 aromatic rings. The first-order chi connectivity index (χ1) is 10.2. The van der Waals surface area contributed by atoms with Gasteiger partial charge in [0, 0.05) is 24.0 Å². The van der Waals surface area contributed by atoms with Crippen molar-refractivity contribution in [2.24, 2.45) is 5.73 Å². The van der Waals surface area contributed by atoms with Crippen LogP contribution in [0.4, 0.5) is 0 Å². The lowest BCUT2D eigenvalue weighted by atomic mass is 10.1. The van der Waals surface area contributed by atoms with E-state index in [1.165, 1.54) is 10.9 Å². The third kappa shape index (κ3) is 2.67. The smallest absolute Gasteiger partial charge is 0.0722 e. The molecule has 21 heavy (non-hydrogen) atoms. The molecular weight excluding hydrogens is 260 g/mol. The van der Waals surface area contributed by atoms with Crippen LogP contribution in [0.25, 0.3) is 10.9 Å². The second kappa shape index (κ2) is 5.66. The molecule has 0 saturated heterocycles. The van der Waals surface area contributed by atoms with E-state index < -0.39 is 0 Å². The summed E-state index contributed by atoms with van der Waals surface area (Å²) >= 11 is 0. The second-order valence-electron chi connectivity index (χ2n) is 5.29. The van der Waals surface area contributed by atoms with E-state index in [0.717, 1.165) is 23.6 Å². The lowest BCUT2D eigenvalue weighted by Crippen LogP contribution is -2.16. The minimum absolute atomic E-state index is 0.131. The van der Waals surface area contributed by atoms with Gasteiger partial charge in [-0.25, -0.2) is 0 Å². The van der Waals surface area contributed by atoms with E-state index >= 15 is 0 Å². The van der Waals surface area contributed by atoms with Crippen molar-refractivity contribution >= 4 is 10.9 Å². The Kier molecular flexibility index (Phi) is 3.71. The largest absolute Gasteiger partial charge is 0.322 e. The van der Waals surface area contributed by atoms with Gasteiger partial charge in [0.2, 0.25) is 0 Å². The molecule has 2 heterocycles. The summed E-state index contributed by atoms with van der Waals surface area (Å²) in [4.78, 5) is 4.52. The summed E-state index contributed by atoms with van der Waals surface area (Å²) in [5.74, 6) is 0. The first kappa shape index (κ1) is 13.8. The summed E-state index contributed by atoms with van der Waals surface area (Å²) in [6.07, 6.45) is 0.698. The number of para-hydroxylation sites is 1. The Morgan fingerprint density at radius 1 is 1.14 bits per heavy atom. The van der Waals surface area contributed by atoms with Gasteiger partial charge >= 0.3 is 0 Å². The fourth-order valence-corrected chi connectivity index (χ4v) is 2.67. The minimum Gasteiger partial charge on any atom is -0.322 e. The van der Waals surface area contributed by atoms with Crippen LogP contribution in [-0.2, 0) is 13.0 Å². The van der Waals surface area contributed by atoms with E-state index in [2.05, 4.69) is 24.0 Å². The van der Waals surface area contributed by atoms with Gasteiger partial charge in [0.05, 0.1) is 22.9 Å². The van der Waals surface area contributed by atoms with Gasteiger partial charge in [-0.2, -0.15) is 5.10 Å². The Hall–Kier alpha value is -2.20. The monoisotopic (exact) mass is 280 g/mol. The summed E-state index contributed by atoms with van der Waals surface area (Å²) in [6.45, 7) is 4.95. The zero-order valence-electron chi connectivity index (χ0n) is 12.5. The quantitative estimate of drug-likeness (QED) is 0.799. The van der Waals surface area contributed by atoms with Crippen molar-refractivity contribution < 1.29 is 0 Å². The van der Waals surface area contributed by atoms with Crippen molar-refractivity contribution in [3.8, 4) is 0 Å². The average Bonchev–Trinajstić information content (AvgIpc) is 2.85. The summed E-state index contributed by atoms with van der Waals surface area (Å²) in [6, 6.07) is 14.1. The highest BCUT2D eigenvalue weighted by molar-refractivity contribution is 5.82. The van der Waals surface area contributed by atoms with Crippen molar-refractivity contribution in [2.75, 3.05) is 0 Å². The number of hydrogen-bond acceptors (Lipinski definition) is 3. The summed E-state index contributed by atoms with van der Waals surface area (Å²) in [5, 5.41) is 5.89. The van der Waals surface area contributed by atoms with Crippen molar-refractivity contribution in [2.45, 2.75) is 32.9 Å². The zero-order valence-corrected chi connectivity index (χ0v) is 12.5. The molecule has 1 atom stereocenters. The first-order valence-corrected chi connectivity index (χ1v) is 7.32. The minimum atomic E-state index is -0.131. The van der Waals surface area contributed by atoms with E-state index in [9.17, 15) is 0 Å². The maximum Gasteiger partial charge on any atom is 0.0722 e. The van der Waals surface area contributed by atoms with E-state index in [1.807, 2.05) is 41.9 Å². The molecule has 0 aliphatic carbocycles. The Balaban J connectivity index is 1.94. The normalized spacial score (nSPS) is 12.7. The number of nitrogens with two attached hydrogens (primary N) is 1. The van der Waals surface area contributed by atoms with Crippen LogP contribution in [0.3, 0.4) is 0 Å². The highest BCUT2D eigenvalue weighted by Gasteiger charge is 2.15. The molecule has 4 heteroatoms. The predicted octanol–water partition coefficient (Wildman–Crippen LogP) is 3.00. The predicted molar refractivity (Wildman–Crippen MR) is 85.0 cm³/mol. The molecule has 1 unspecified atom stereocenters. The molecule has 0 radical (unpaired) electrons. The summed E-state index contributed by atoms with van der Waals surface area (Å²) in [5.41, 5.74) is 10.5. The third-order valence-electron chi connectivity index (χ3n) is 3.74. The van der Waals surface area contributed by atoms with Crippen LogP contribution in [0.5, 0.6) is 0 Å². The average molecular weight is 280 g/mol. The standard InChI is InChI=1S/C17H20N4/c1-3-21-17-10-5-4-8-13(17)16(20-21)11-14(18)15-9-6-7-12(2)19-15/h4-10,14H,3,11,18H2,1-2H3. The van der Waals surface area contributed by atoms with Crippen molar-refractivity contribution in [1.82, 2.24) is 14.8 Å². The van der Waals surface area contributed by atoms with E-state index in [1.54, 1.807) is 0 Å². The lowest BCUT2D eigenvalue weighted by molar-refractivity contribution is 0.633. The van der Waals surface area contributed by atoms with Crippen LogP contribution in [0.2, 0.25) is 0 Å². The number of aryl methyl sites for hydroxylation is 2. The number of pyridine rings is 1. The van der Waals surface area contributed by atoms with Crippen LogP contribution in [0, 0.1) is 6.92 Å². The van der Waals surface area contributed by atoms with Gasteiger partial charge < -0.3 is 5.73 Å². The Bertz CT molecular complexity index is 760. The van der Waals surface area contributed by atoms with Crippen molar-refractivity contribution in [3.63, 3.8) is 0 Å². The van der Waals surface area contributed by atoms with E-state index in [4.69, 9.17) is 10.8 Å². The van der Waals surface area contributed by atoms with Crippen molar-refractivity contribution in [3.05, 3.63) is 59.5 Å².